The lowest BCUT2D eigenvalue weighted by Crippen LogP contribution is -2.45. The fourth-order valence-corrected chi connectivity index (χ4v) is 4.00. The highest BCUT2D eigenvalue weighted by molar-refractivity contribution is 4.80. The normalized spacial score (nSPS) is 26.9. The Morgan fingerprint density at radius 3 is 2.52 bits per heavy atom. The van der Waals surface area contributed by atoms with Crippen LogP contribution in [0.1, 0.15) is 58.8 Å². The maximum atomic E-state index is 3.80. The largest absolute Gasteiger partial charge is 0.314 e. The number of hydrogen-bond acceptors (Lipinski definition) is 3. The Morgan fingerprint density at radius 1 is 1.00 bits per heavy atom. The molecular weight excluding hydrogens is 258 g/mol. The third-order valence-electron chi connectivity index (χ3n) is 5.36. The predicted molar refractivity (Wildman–Crippen MR) is 91.8 cm³/mol. The molecule has 2 aliphatic rings. The molecule has 0 aromatic heterocycles. The highest BCUT2D eigenvalue weighted by Crippen LogP contribution is 2.19. The molecule has 0 aromatic carbocycles. The van der Waals surface area contributed by atoms with Crippen LogP contribution in [0.25, 0.3) is 0 Å². The smallest absolute Gasteiger partial charge is 0.00792 e. The summed E-state index contributed by atoms with van der Waals surface area (Å²) in [4.78, 5) is 5.32. The first-order chi connectivity index (χ1) is 10.3. The van der Waals surface area contributed by atoms with Crippen LogP contribution < -0.4 is 5.32 Å². The summed E-state index contributed by atoms with van der Waals surface area (Å²) in [6, 6.07) is 0.686. The van der Waals surface area contributed by atoms with Gasteiger partial charge in [0, 0.05) is 12.6 Å². The van der Waals surface area contributed by atoms with E-state index in [2.05, 4.69) is 29.0 Å². The van der Waals surface area contributed by atoms with Gasteiger partial charge in [0.05, 0.1) is 0 Å². The lowest BCUT2D eigenvalue weighted by molar-refractivity contribution is 0.150. The minimum absolute atomic E-state index is 0.686. The van der Waals surface area contributed by atoms with Crippen molar-refractivity contribution in [2.75, 3.05) is 45.8 Å². The zero-order valence-electron chi connectivity index (χ0n) is 14.4. The lowest BCUT2D eigenvalue weighted by Gasteiger charge is -2.36. The van der Waals surface area contributed by atoms with Crippen LogP contribution in [0.4, 0.5) is 0 Å². The van der Waals surface area contributed by atoms with Gasteiger partial charge in [0.25, 0.3) is 0 Å². The fourth-order valence-electron chi connectivity index (χ4n) is 4.00. The first-order valence-electron chi connectivity index (χ1n) is 9.47. The van der Waals surface area contributed by atoms with E-state index in [1.54, 1.807) is 0 Å². The molecule has 3 nitrogen and oxygen atoms in total. The molecule has 1 N–H and O–H groups in total. The Morgan fingerprint density at radius 2 is 1.76 bits per heavy atom. The topological polar surface area (TPSA) is 18.5 Å². The van der Waals surface area contributed by atoms with Crippen LogP contribution in [0.3, 0.4) is 0 Å². The molecule has 21 heavy (non-hydrogen) atoms. The number of nitrogens with zero attached hydrogens (tertiary/aromatic N) is 2. The molecule has 2 heterocycles. The van der Waals surface area contributed by atoms with Crippen molar-refractivity contribution in [2.24, 2.45) is 5.92 Å². The number of nitrogens with one attached hydrogen (secondary N) is 1. The van der Waals surface area contributed by atoms with E-state index in [0.29, 0.717) is 6.04 Å². The summed E-state index contributed by atoms with van der Waals surface area (Å²) in [7, 11) is 0. The molecule has 0 aliphatic carbocycles. The van der Waals surface area contributed by atoms with Gasteiger partial charge >= 0.3 is 0 Å². The summed E-state index contributed by atoms with van der Waals surface area (Å²) in [6.07, 6.45) is 9.70. The molecule has 0 radical (unpaired) electrons. The van der Waals surface area contributed by atoms with Crippen LogP contribution in [-0.4, -0.2) is 61.7 Å². The fraction of sp³-hybridized carbons (Fsp3) is 1.00. The SMILES string of the molecule is CCCN1CCCC(C(C)NCCCN2CCCCC2)C1. The van der Waals surface area contributed by atoms with Crippen LogP contribution in [0, 0.1) is 5.92 Å². The standard InChI is InChI=1S/C18H37N3/c1-3-11-21-14-7-9-18(16-21)17(2)19-10-8-15-20-12-5-4-6-13-20/h17-19H,3-16H2,1-2H3. The van der Waals surface area contributed by atoms with Gasteiger partial charge in [-0.1, -0.05) is 13.3 Å². The monoisotopic (exact) mass is 295 g/mol. The van der Waals surface area contributed by atoms with Crippen molar-refractivity contribution in [3.63, 3.8) is 0 Å². The van der Waals surface area contributed by atoms with Crippen molar-refractivity contribution in [1.82, 2.24) is 15.1 Å². The molecule has 0 saturated carbocycles. The van der Waals surface area contributed by atoms with Gasteiger partial charge < -0.3 is 15.1 Å². The number of piperidine rings is 2. The van der Waals surface area contributed by atoms with Gasteiger partial charge in [-0.05, 0) is 90.6 Å². The minimum atomic E-state index is 0.686. The van der Waals surface area contributed by atoms with E-state index in [4.69, 9.17) is 0 Å². The van der Waals surface area contributed by atoms with Gasteiger partial charge in [0.15, 0.2) is 0 Å². The molecule has 2 aliphatic heterocycles. The average molecular weight is 296 g/mol. The van der Waals surface area contributed by atoms with Crippen LogP contribution in [0.15, 0.2) is 0 Å². The maximum Gasteiger partial charge on any atom is 0.00792 e. The predicted octanol–water partition coefficient (Wildman–Crippen LogP) is 2.96. The van der Waals surface area contributed by atoms with Crippen LogP contribution in [0.2, 0.25) is 0 Å². The van der Waals surface area contributed by atoms with Gasteiger partial charge in [-0.25, -0.2) is 0 Å². The van der Waals surface area contributed by atoms with E-state index >= 15 is 0 Å². The lowest BCUT2D eigenvalue weighted by atomic mass is 9.91. The van der Waals surface area contributed by atoms with Crippen molar-refractivity contribution in [2.45, 2.75) is 64.8 Å². The quantitative estimate of drug-likeness (QED) is 0.695. The summed E-state index contributed by atoms with van der Waals surface area (Å²) in [5.41, 5.74) is 0. The Bertz CT molecular complexity index is 261. The first-order valence-corrected chi connectivity index (χ1v) is 9.47. The molecule has 0 spiro atoms. The third-order valence-corrected chi connectivity index (χ3v) is 5.36. The molecule has 2 fully saturated rings. The van der Waals surface area contributed by atoms with Crippen LogP contribution in [-0.2, 0) is 0 Å². The van der Waals surface area contributed by atoms with Crippen LogP contribution >= 0.6 is 0 Å². The maximum absolute atomic E-state index is 3.80. The van der Waals surface area contributed by atoms with E-state index in [1.165, 1.54) is 90.8 Å². The van der Waals surface area contributed by atoms with E-state index in [-0.39, 0.29) is 0 Å². The molecule has 2 unspecified atom stereocenters. The van der Waals surface area contributed by atoms with Crippen molar-refractivity contribution in [1.29, 1.82) is 0 Å². The molecule has 124 valence electrons. The van der Waals surface area contributed by atoms with Gasteiger partial charge in [-0.15, -0.1) is 0 Å². The van der Waals surface area contributed by atoms with E-state index in [1.807, 2.05) is 0 Å². The van der Waals surface area contributed by atoms with Crippen molar-refractivity contribution >= 4 is 0 Å². The van der Waals surface area contributed by atoms with Crippen molar-refractivity contribution in [3.05, 3.63) is 0 Å². The highest BCUT2D eigenvalue weighted by Gasteiger charge is 2.23. The second-order valence-electron chi connectivity index (χ2n) is 7.20. The van der Waals surface area contributed by atoms with Crippen molar-refractivity contribution < 1.29 is 0 Å². The highest BCUT2D eigenvalue weighted by atomic mass is 15.1. The molecule has 2 rings (SSSR count). The number of likely N-dealkylation sites (tertiary alicyclic amines) is 2. The Kier molecular flexibility index (Phi) is 8.05. The molecule has 2 saturated heterocycles. The molecule has 3 heteroatoms. The molecule has 0 aromatic rings. The van der Waals surface area contributed by atoms with Gasteiger partial charge in [-0.3, -0.25) is 0 Å². The summed E-state index contributed by atoms with van der Waals surface area (Å²) in [5, 5.41) is 3.80. The number of rotatable bonds is 8. The zero-order chi connectivity index (χ0) is 14.9. The molecule has 0 amide bonds. The van der Waals surface area contributed by atoms with Crippen molar-refractivity contribution in [3.8, 4) is 0 Å². The summed E-state index contributed by atoms with van der Waals surface area (Å²) < 4.78 is 0. The molecule has 0 bridgehead atoms. The number of hydrogen-bond donors (Lipinski definition) is 1. The first kappa shape index (κ1) is 17.2. The zero-order valence-corrected chi connectivity index (χ0v) is 14.4. The molecular formula is C18H37N3. The average Bonchev–Trinajstić information content (AvgIpc) is 2.53. The Balaban J connectivity index is 1.56. The van der Waals surface area contributed by atoms with Gasteiger partial charge in [-0.2, -0.15) is 0 Å². The third kappa shape index (κ3) is 6.25. The van der Waals surface area contributed by atoms with Crippen LogP contribution in [0.5, 0.6) is 0 Å². The second-order valence-corrected chi connectivity index (χ2v) is 7.20. The van der Waals surface area contributed by atoms with E-state index < -0.39 is 0 Å². The van der Waals surface area contributed by atoms with E-state index in [0.717, 1.165) is 5.92 Å². The summed E-state index contributed by atoms with van der Waals surface area (Å²) in [5.74, 6) is 0.861. The van der Waals surface area contributed by atoms with Gasteiger partial charge in [0.2, 0.25) is 0 Å². The molecule has 2 atom stereocenters. The Labute approximate surface area is 132 Å². The van der Waals surface area contributed by atoms with E-state index in [9.17, 15) is 0 Å². The summed E-state index contributed by atoms with van der Waals surface area (Å²) in [6.45, 7) is 13.8. The Hall–Kier alpha value is -0.120. The van der Waals surface area contributed by atoms with Gasteiger partial charge in [0.1, 0.15) is 0 Å². The summed E-state index contributed by atoms with van der Waals surface area (Å²) >= 11 is 0. The second kappa shape index (κ2) is 9.81. The minimum Gasteiger partial charge on any atom is -0.314 e.